The fourth-order valence-corrected chi connectivity index (χ4v) is 1.06. The molecular formula is C6H10F2O5. The van der Waals surface area contributed by atoms with Crippen LogP contribution in [0.5, 0.6) is 0 Å². The molecule has 7 heteroatoms. The average molecular weight is 200 g/mol. The Morgan fingerprint density at radius 2 is 1.77 bits per heavy atom. The van der Waals surface area contributed by atoms with Gasteiger partial charge in [0.2, 0.25) is 6.29 Å². The van der Waals surface area contributed by atoms with Gasteiger partial charge in [-0.2, -0.15) is 8.78 Å². The molecule has 1 fully saturated rings. The van der Waals surface area contributed by atoms with E-state index < -0.39 is 37.1 Å². The van der Waals surface area contributed by atoms with Crippen LogP contribution in [-0.2, 0) is 4.74 Å². The van der Waals surface area contributed by atoms with E-state index in [2.05, 4.69) is 4.74 Å². The minimum atomic E-state index is -3.93. The molecule has 0 bridgehead atoms. The highest BCUT2D eigenvalue weighted by atomic mass is 19.3. The molecule has 0 spiro atoms. The number of hydrogen-bond acceptors (Lipinski definition) is 5. The van der Waals surface area contributed by atoms with Gasteiger partial charge in [-0.05, 0) is 0 Å². The van der Waals surface area contributed by atoms with Crippen molar-refractivity contribution in [3.63, 3.8) is 0 Å². The smallest absolute Gasteiger partial charge is 0.325 e. The Hall–Kier alpha value is -0.340. The van der Waals surface area contributed by atoms with E-state index in [1.807, 2.05) is 0 Å². The van der Waals surface area contributed by atoms with E-state index in [4.69, 9.17) is 20.4 Å². The highest BCUT2D eigenvalue weighted by Gasteiger charge is 2.56. The summed E-state index contributed by atoms with van der Waals surface area (Å²) in [6.45, 7) is -0.759. The standard InChI is InChI=1S/C6H10F2O5/c7-6(8)4(11)3(10)2(1-9)13-5(6)12/h2-5,9-12H,1H2/t2-,3+,4+,5-/m1/s1. The van der Waals surface area contributed by atoms with Gasteiger partial charge in [0.15, 0.2) is 6.10 Å². The zero-order valence-electron chi connectivity index (χ0n) is 6.47. The Morgan fingerprint density at radius 3 is 2.23 bits per heavy atom. The molecule has 1 saturated heterocycles. The maximum Gasteiger partial charge on any atom is 0.325 e. The zero-order valence-corrected chi connectivity index (χ0v) is 6.47. The second-order valence-corrected chi connectivity index (χ2v) is 2.82. The summed E-state index contributed by atoms with van der Waals surface area (Å²) in [5.74, 6) is -3.93. The van der Waals surface area contributed by atoms with Crippen LogP contribution in [0.2, 0.25) is 0 Å². The Morgan fingerprint density at radius 1 is 1.23 bits per heavy atom. The van der Waals surface area contributed by atoms with Crippen LogP contribution in [0, 0.1) is 0 Å². The van der Waals surface area contributed by atoms with Gasteiger partial charge in [-0.3, -0.25) is 0 Å². The molecule has 4 atom stereocenters. The molecule has 1 aliphatic rings. The van der Waals surface area contributed by atoms with E-state index in [9.17, 15) is 8.78 Å². The molecule has 0 unspecified atom stereocenters. The first kappa shape index (κ1) is 10.7. The lowest BCUT2D eigenvalue weighted by Crippen LogP contribution is -2.62. The predicted octanol–water partition coefficient (Wildman–Crippen LogP) is -1.95. The lowest BCUT2D eigenvalue weighted by Gasteiger charge is -2.39. The largest absolute Gasteiger partial charge is 0.394 e. The van der Waals surface area contributed by atoms with Gasteiger partial charge < -0.3 is 25.2 Å². The van der Waals surface area contributed by atoms with Gasteiger partial charge in [0, 0.05) is 0 Å². The molecule has 0 saturated carbocycles. The molecule has 0 amide bonds. The van der Waals surface area contributed by atoms with Gasteiger partial charge in [-0.1, -0.05) is 0 Å². The number of hydrogen-bond donors (Lipinski definition) is 4. The van der Waals surface area contributed by atoms with Gasteiger partial charge in [0.25, 0.3) is 0 Å². The normalized spacial score (nSPS) is 44.8. The fourth-order valence-electron chi connectivity index (χ4n) is 1.06. The summed E-state index contributed by atoms with van der Waals surface area (Å²) in [4.78, 5) is 0. The lowest BCUT2D eigenvalue weighted by atomic mass is 9.98. The van der Waals surface area contributed by atoms with Crippen LogP contribution in [0.4, 0.5) is 8.78 Å². The second kappa shape index (κ2) is 3.43. The van der Waals surface area contributed by atoms with Crippen molar-refractivity contribution in [1.29, 1.82) is 0 Å². The van der Waals surface area contributed by atoms with E-state index in [1.165, 1.54) is 0 Å². The first-order chi connectivity index (χ1) is 5.91. The minimum Gasteiger partial charge on any atom is -0.394 e. The third-order valence-electron chi connectivity index (χ3n) is 1.91. The average Bonchev–Trinajstić information content (AvgIpc) is 2.09. The number of rotatable bonds is 1. The SMILES string of the molecule is OC[C@H]1O[C@@H](O)C(F)(F)[C@@H](O)[C@H]1O. The molecule has 1 aliphatic heterocycles. The molecule has 13 heavy (non-hydrogen) atoms. The maximum atomic E-state index is 12.7. The van der Waals surface area contributed by atoms with Crippen molar-refractivity contribution < 1.29 is 33.9 Å². The fraction of sp³-hybridized carbons (Fsp3) is 1.00. The number of aliphatic hydroxyl groups excluding tert-OH is 4. The molecule has 1 rings (SSSR count). The van der Waals surface area contributed by atoms with E-state index in [-0.39, 0.29) is 0 Å². The highest BCUT2D eigenvalue weighted by Crippen LogP contribution is 2.33. The second-order valence-electron chi connectivity index (χ2n) is 2.82. The highest BCUT2D eigenvalue weighted by molar-refractivity contribution is 4.93. The topological polar surface area (TPSA) is 90.2 Å². The third-order valence-corrected chi connectivity index (χ3v) is 1.91. The van der Waals surface area contributed by atoms with E-state index in [0.717, 1.165) is 0 Å². The first-order valence-corrected chi connectivity index (χ1v) is 3.59. The summed E-state index contributed by atoms with van der Waals surface area (Å²) >= 11 is 0. The predicted molar refractivity (Wildman–Crippen MR) is 34.9 cm³/mol. The number of alkyl halides is 2. The Labute approximate surface area is 72.2 Å². The van der Waals surface area contributed by atoms with Gasteiger partial charge in [-0.15, -0.1) is 0 Å². The van der Waals surface area contributed by atoms with Crippen LogP contribution in [0.3, 0.4) is 0 Å². The summed E-state index contributed by atoms with van der Waals surface area (Å²) < 4.78 is 29.5. The first-order valence-electron chi connectivity index (χ1n) is 3.59. The van der Waals surface area contributed by atoms with Crippen molar-refractivity contribution in [2.45, 2.75) is 30.5 Å². The maximum absolute atomic E-state index is 12.7. The quantitative estimate of drug-likeness (QED) is 0.395. The molecular weight excluding hydrogens is 190 g/mol. The Kier molecular flexibility index (Phi) is 2.83. The van der Waals surface area contributed by atoms with E-state index in [1.54, 1.807) is 0 Å². The molecule has 1 heterocycles. The monoisotopic (exact) mass is 200 g/mol. The van der Waals surface area contributed by atoms with E-state index >= 15 is 0 Å². The summed E-state index contributed by atoms with van der Waals surface area (Å²) in [6, 6.07) is 0. The minimum absolute atomic E-state index is 0.759. The van der Waals surface area contributed by atoms with Crippen molar-refractivity contribution in [1.82, 2.24) is 0 Å². The molecule has 5 nitrogen and oxygen atoms in total. The van der Waals surface area contributed by atoms with Crippen LogP contribution in [0.15, 0.2) is 0 Å². The van der Waals surface area contributed by atoms with Gasteiger partial charge >= 0.3 is 5.92 Å². The van der Waals surface area contributed by atoms with E-state index in [0.29, 0.717) is 0 Å². The van der Waals surface area contributed by atoms with Gasteiger partial charge in [0.05, 0.1) is 6.61 Å². The van der Waals surface area contributed by atoms with Crippen LogP contribution in [0.25, 0.3) is 0 Å². The van der Waals surface area contributed by atoms with Crippen molar-refractivity contribution in [2.75, 3.05) is 6.61 Å². The van der Waals surface area contributed by atoms with Crippen LogP contribution in [-0.4, -0.2) is 57.6 Å². The summed E-state index contributed by atoms with van der Waals surface area (Å²) in [6.07, 6.45) is -8.26. The Bertz CT molecular complexity index is 188. The van der Waals surface area contributed by atoms with Crippen LogP contribution >= 0.6 is 0 Å². The van der Waals surface area contributed by atoms with Crippen molar-refractivity contribution in [3.05, 3.63) is 0 Å². The summed E-state index contributed by atoms with van der Waals surface area (Å²) in [5.41, 5.74) is 0. The summed E-state index contributed by atoms with van der Waals surface area (Å²) in [5, 5.41) is 35.0. The molecule has 0 radical (unpaired) electrons. The summed E-state index contributed by atoms with van der Waals surface area (Å²) in [7, 11) is 0. The van der Waals surface area contributed by atoms with Gasteiger partial charge in [-0.25, -0.2) is 0 Å². The number of halogens is 2. The molecule has 0 aliphatic carbocycles. The van der Waals surface area contributed by atoms with Crippen molar-refractivity contribution in [2.24, 2.45) is 0 Å². The third kappa shape index (κ3) is 1.65. The van der Waals surface area contributed by atoms with Crippen LogP contribution in [0.1, 0.15) is 0 Å². The molecule has 78 valence electrons. The Balaban J connectivity index is 2.79. The lowest BCUT2D eigenvalue weighted by molar-refractivity contribution is -0.345. The molecule has 0 aromatic heterocycles. The van der Waals surface area contributed by atoms with Crippen molar-refractivity contribution in [3.8, 4) is 0 Å². The van der Waals surface area contributed by atoms with Gasteiger partial charge in [0.1, 0.15) is 12.2 Å². The molecule has 0 aromatic rings. The number of ether oxygens (including phenoxy) is 1. The van der Waals surface area contributed by atoms with Crippen molar-refractivity contribution >= 4 is 0 Å². The molecule has 4 N–H and O–H groups in total. The van der Waals surface area contributed by atoms with Crippen LogP contribution < -0.4 is 0 Å². The zero-order chi connectivity index (χ0) is 10.2. The molecule has 0 aromatic carbocycles. The number of aliphatic hydroxyl groups is 4.